The molecule has 2 aromatic rings. The minimum Gasteiger partial charge on any atom is -0.294 e. The van der Waals surface area contributed by atoms with Crippen molar-refractivity contribution in [3.63, 3.8) is 0 Å². The number of carbonyl (C=O) groups excluding carboxylic acids is 2. The van der Waals surface area contributed by atoms with Crippen LogP contribution in [-0.2, 0) is 0 Å². The average Bonchev–Trinajstić information content (AvgIpc) is 2.53. The van der Waals surface area contributed by atoms with Crippen LogP contribution in [0, 0.1) is 11.8 Å². The molecule has 102 valence electrons. The molecule has 0 radical (unpaired) electrons. The molecule has 0 aliphatic heterocycles. The summed E-state index contributed by atoms with van der Waals surface area (Å²) in [5, 5.41) is 0. The average molecular weight is 266 g/mol. The van der Waals surface area contributed by atoms with Crippen LogP contribution in [0.4, 0.5) is 0 Å². The second kappa shape index (κ2) is 6.29. The third-order valence-electron chi connectivity index (χ3n) is 3.69. The zero-order valence-corrected chi connectivity index (χ0v) is 11.7. The fourth-order valence-corrected chi connectivity index (χ4v) is 2.18. The number of Topliss-reactive ketones (excluding diaryl/α,β-unsaturated/α-hetero) is 2. The van der Waals surface area contributed by atoms with Gasteiger partial charge < -0.3 is 0 Å². The molecule has 2 nitrogen and oxygen atoms in total. The van der Waals surface area contributed by atoms with Crippen LogP contribution >= 0.6 is 0 Å². The van der Waals surface area contributed by atoms with Gasteiger partial charge in [0, 0.05) is 23.0 Å². The van der Waals surface area contributed by atoms with Crippen molar-refractivity contribution in [3.05, 3.63) is 71.8 Å². The molecule has 0 heterocycles. The van der Waals surface area contributed by atoms with E-state index in [1.54, 1.807) is 24.3 Å². The van der Waals surface area contributed by atoms with Crippen molar-refractivity contribution >= 4 is 11.6 Å². The van der Waals surface area contributed by atoms with Crippen LogP contribution in [0.3, 0.4) is 0 Å². The van der Waals surface area contributed by atoms with Crippen LogP contribution in [0.15, 0.2) is 60.7 Å². The van der Waals surface area contributed by atoms with Gasteiger partial charge in [-0.05, 0) is 0 Å². The summed E-state index contributed by atoms with van der Waals surface area (Å²) in [6.45, 7) is 3.64. The smallest absolute Gasteiger partial charge is 0.166 e. The predicted octanol–water partition coefficient (Wildman–Crippen LogP) is 4.02. The first-order valence-corrected chi connectivity index (χ1v) is 6.79. The Kier molecular flexibility index (Phi) is 4.46. The highest BCUT2D eigenvalue weighted by molar-refractivity contribution is 6.04. The van der Waals surface area contributed by atoms with Gasteiger partial charge >= 0.3 is 0 Å². The van der Waals surface area contributed by atoms with Gasteiger partial charge in [-0.3, -0.25) is 9.59 Å². The lowest BCUT2D eigenvalue weighted by Gasteiger charge is -2.18. The molecule has 20 heavy (non-hydrogen) atoms. The van der Waals surface area contributed by atoms with Gasteiger partial charge in [-0.2, -0.15) is 0 Å². The van der Waals surface area contributed by atoms with Crippen molar-refractivity contribution in [1.29, 1.82) is 0 Å². The second-order valence-electron chi connectivity index (χ2n) is 5.04. The quantitative estimate of drug-likeness (QED) is 0.766. The van der Waals surface area contributed by atoms with Gasteiger partial charge in [-0.1, -0.05) is 74.5 Å². The van der Waals surface area contributed by atoms with Crippen molar-refractivity contribution in [2.75, 3.05) is 0 Å². The summed E-state index contributed by atoms with van der Waals surface area (Å²) in [7, 11) is 0. The van der Waals surface area contributed by atoms with Crippen molar-refractivity contribution in [3.8, 4) is 0 Å². The highest BCUT2D eigenvalue weighted by Gasteiger charge is 2.27. The first kappa shape index (κ1) is 14.2. The maximum Gasteiger partial charge on any atom is 0.166 e. The zero-order chi connectivity index (χ0) is 14.5. The molecule has 0 N–H and O–H groups in total. The maximum atomic E-state index is 12.4. The number of rotatable bonds is 5. The van der Waals surface area contributed by atoms with E-state index < -0.39 is 0 Å². The summed E-state index contributed by atoms with van der Waals surface area (Å²) in [5.41, 5.74) is 1.32. The SMILES string of the molecule is C[C@H](C(=O)c1ccccc1)[C@H](C)C(=O)c1ccccc1. The molecule has 0 saturated carbocycles. The summed E-state index contributed by atoms with van der Waals surface area (Å²) in [4.78, 5) is 24.7. The molecule has 2 heteroatoms. The van der Waals surface area contributed by atoms with Crippen LogP contribution in [-0.4, -0.2) is 11.6 Å². The van der Waals surface area contributed by atoms with E-state index in [1.807, 2.05) is 50.2 Å². The molecular formula is C18H18O2. The van der Waals surface area contributed by atoms with Crippen LogP contribution < -0.4 is 0 Å². The first-order chi connectivity index (χ1) is 9.61. The van der Waals surface area contributed by atoms with E-state index in [-0.39, 0.29) is 23.4 Å². The molecule has 0 saturated heterocycles. The van der Waals surface area contributed by atoms with E-state index in [9.17, 15) is 9.59 Å². The number of hydrogen-bond donors (Lipinski definition) is 0. The van der Waals surface area contributed by atoms with E-state index in [1.165, 1.54) is 0 Å². The Bertz CT molecular complexity index is 532. The highest BCUT2D eigenvalue weighted by atomic mass is 16.1. The van der Waals surface area contributed by atoms with Gasteiger partial charge in [0.2, 0.25) is 0 Å². The lowest BCUT2D eigenvalue weighted by Crippen LogP contribution is -2.25. The van der Waals surface area contributed by atoms with Gasteiger partial charge in [0.1, 0.15) is 0 Å². The normalized spacial score (nSPS) is 13.5. The lowest BCUT2D eigenvalue weighted by molar-refractivity contribution is 0.0794. The third kappa shape index (κ3) is 3.02. The van der Waals surface area contributed by atoms with Gasteiger partial charge in [-0.15, -0.1) is 0 Å². The second-order valence-corrected chi connectivity index (χ2v) is 5.04. The van der Waals surface area contributed by atoms with Gasteiger partial charge in [0.25, 0.3) is 0 Å². The number of carbonyl (C=O) groups is 2. The van der Waals surface area contributed by atoms with Crippen LogP contribution in [0.25, 0.3) is 0 Å². The number of benzene rings is 2. The molecule has 2 rings (SSSR count). The molecule has 0 aliphatic carbocycles. The summed E-state index contributed by atoms with van der Waals surface area (Å²) >= 11 is 0. The van der Waals surface area contributed by atoms with E-state index in [0.29, 0.717) is 11.1 Å². The van der Waals surface area contributed by atoms with Gasteiger partial charge in [0.05, 0.1) is 0 Å². The summed E-state index contributed by atoms with van der Waals surface area (Å²) in [6.07, 6.45) is 0. The maximum absolute atomic E-state index is 12.4. The summed E-state index contributed by atoms with van der Waals surface area (Å²) < 4.78 is 0. The third-order valence-corrected chi connectivity index (χ3v) is 3.69. The number of hydrogen-bond acceptors (Lipinski definition) is 2. The van der Waals surface area contributed by atoms with Crippen molar-refractivity contribution in [2.24, 2.45) is 11.8 Å². The molecule has 0 aromatic heterocycles. The first-order valence-electron chi connectivity index (χ1n) is 6.79. The Morgan fingerprint density at radius 2 is 0.950 bits per heavy atom. The van der Waals surface area contributed by atoms with Gasteiger partial charge in [-0.25, -0.2) is 0 Å². The molecule has 0 bridgehead atoms. The van der Waals surface area contributed by atoms with E-state index in [0.717, 1.165) is 0 Å². The molecule has 2 aromatic carbocycles. The summed E-state index contributed by atoms with van der Waals surface area (Å²) in [6, 6.07) is 18.3. The Morgan fingerprint density at radius 1 is 0.650 bits per heavy atom. The van der Waals surface area contributed by atoms with Gasteiger partial charge in [0.15, 0.2) is 11.6 Å². The minimum atomic E-state index is -0.329. The predicted molar refractivity (Wildman–Crippen MR) is 79.9 cm³/mol. The Balaban J connectivity index is 2.15. The van der Waals surface area contributed by atoms with E-state index >= 15 is 0 Å². The minimum absolute atomic E-state index is 0.0161. The standard InChI is InChI=1S/C18H18O2/c1-13(17(19)15-9-5-3-6-10-15)14(2)18(20)16-11-7-4-8-12-16/h3-14H,1-2H3/t13-,14-/m0/s1. The lowest BCUT2D eigenvalue weighted by atomic mass is 9.83. The van der Waals surface area contributed by atoms with Crippen LogP contribution in [0.5, 0.6) is 0 Å². The molecule has 0 spiro atoms. The molecule has 0 fully saturated rings. The van der Waals surface area contributed by atoms with Crippen molar-refractivity contribution < 1.29 is 9.59 Å². The van der Waals surface area contributed by atoms with Crippen molar-refractivity contribution in [2.45, 2.75) is 13.8 Å². The molecular weight excluding hydrogens is 248 g/mol. The van der Waals surface area contributed by atoms with Crippen molar-refractivity contribution in [1.82, 2.24) is 0 Å². The van der Waals surface area contributed by atoms with E-state index in [2.05, 4.69) is 0 Å². The molecule has 0 unspecified atom stereocenters. The fourth-order valence-electron chi connectivity index (χ4n) is 2.18. The molecule has 0 aliphatic rings. The fraction of sp³-hybridized carbons (Fsp3) is 0.222. The summed E-state index contributed by atoms with van der Waals surface area (Å²) in [5.74, 6) is -0.625. The Labute approximate surface area is 119 Å². The highest BCUT2D eigenvalue weighted by Crippen LogP contribution is 2.21. The topological polar surface area (TPSA) is 34.1 Å². The zero-order valence-electron chi connectivity index (χ0n) is 11.7. The molecule has 2 atom stereocenters. The Hall–Kier alpha value is -2.22. The largest absolute Gasteiger partial charge is 0.294 e. The van der Waals surface area contributed by atoms with Crippen LogP contribution in [0.1, 0.15) is 34.6 Å². The molecule has 0 amide bonds. The number of ketones is 2. The van der Waals surface area contributed by atoms with Crippen LogP contribution in [0.2, 0.25) is 0 Å². The monoisotopic (exact) mass is 266 g/mol. The Morgan fingerprint density at radius 3 is 1.25 bits per heavy atom. The van der Waals surface area contributed by atoms with E-state index in [4.69, 9.17) is 0 Å².